The van der Waals surface area contributed by atoms with Crippen LogP contribution in [-0.4, -0.2) is 12.1 Å². The number of nitrogens with zero attached hydrogens (tertiary/aromatic N) is 1. The molecule has 1 atom stereocenters. The van der Waals surface area contributed by atoms with Gasteiger partial charge < -0.3 is 10.1 Å². The van der Waals surface area contributed by atoms with Gasteiger partial charge in [-0.15, -0.1) is 0 Å². The lowest BCUT2D eigenvalue weighted by atomic mass is 9.87. The fourth-order valence-corrected chi connectivity index (χ4v) is 2.91. The Kier molecular flexibility index (Phi) is 3.59. The summed E-state index contributed by atoms with van der Waals surface area (Å²) in [6.45, 7) is 2.00. The van der Waals surface area contributed by atoms with Crippen LogP contribution >= 0.6 is 0 Å². The van der Waals surface area contributed by atoms with E-state index in [1.54, 1.807) is 13.3 Å². The van der Waals surface area contributed by atoms with Gasteiger partial charge in [0.2, 0.25) is 0 Å². The van der Waals surface area contributed by atoms with Gasteiger partial charge in [-0.3, -0.25) is 4.98 Å². The Hall–Kier alpha value is -2.03. The van der Waals surface area contributed by atoms with Crippen molar-refractivity contribution in [1.82, 2.24) is 4.98 Å². The van der Waals surface area contributed by atoms with E-state index in [1.807, 2.05) is 6.92 Å². The summed E-state index contributed by atoms with van der Waals surface area (Å²) in [5.41, 5.74) is 4.90. The number of benzene rings is 1. The standard InChI is InChI=1S/C17H20N2O/c1-12-10-16(17(20-2)11-18-12)19-15-9-5-7-13-6-3-4-8-14(13)15/h3-4,6,8,10-11,15H,5,7,9H2,1-2H3,(H,18,19). The van der Waals surface area contributed by atoms with E-state index in [1.165, 1.54) is 24.0 Å². The molecule has 2 aromatic rings. The second-order valence-corrected chi connectivity index (χ2v) is 5.31. The average Bonchev–Trinajstić information content (AvgIpc) is 2.48. The van der Waals surface area contributed by atoms with Crippen LogP contribution in [0.15, 0.2) is 36.5 Å². The zero-order valence-electron chi connectivity index (χ0n) is 12.0. The number of fused-ring (bicyclic) bond motifs is 1. The molecule has 20 heavy (non-hydrogen) atoms. The van der Waals surface area contributed by atoms with Crippen LogP contribution in [0.2, 0.25) is 0 Å². The predicted molar refractivity (Wildman–Crippen MR) is 81.3 cm³/mol. The minimum absolute atomic E-state index is 0.357. The molecule has 1 aliphatic carbocycles. The van der Waals surface area contributed by atoms with E-state index in [4.69, 9.17) is 4.74 Å². The van der Waals surface area contributed by atoms with Gasteiger partial charge in [0.25, 0.3) is 0 Å². The van der Waals surface area contributed by atoms with E-state index < -0.39 is 0 Å². The summed E-state index contributed by atoms with van der Waals surface area (Å²) < 4.78 is 5.40. The van der Waals surface area contributed by atoms with Crippen molar-refractivity contribution in [3.63, 3.8) is 0 Å². The molecule has 3 nitrogen and oxygen atoms in total. The molecular formula is C17H20N2O. The van der Waals surface area contributed by atoms with Gasteiger partial charge in [-0.05, 0) is 43.4 Å². The maximum Gasteiger partial charge on any atom is 0.160 e. The predicted octanol–water partition coefficient (Wildman–Crippen LogP) is 3.89. The van der Waals surface area contributed by atoms with Gasteiger partial charge in [0.15, 0.2) is 5.75 Å². The van der Waals surface area contributed by atoms with Gasteiger partial charge in [-0.25, -0.2) is 0 Å². The van der Waals surface area contributed by atoms with Gasteiger partial charge >= 0.3 is 0 Å². The van der Waals surface area contributed by atoms with E-state index in [9.17, 15) is 0 Å². The van der Waals surface area contributed by atoms with Crippen LogP contribution in [0.3, 0.4) is 0 Å². The molecule has 1 aromatic heterocycles. The summed E-state index contributed by atoms with van der Waals surface area (Å²) in [7, 11) is 1.69. The second-order valence-electron chi connectivity index (χ2n) is 5.31. The molecule has 0 aliphatic heterocycles. The third kappa shape index (κ3) is 2.48. The largest absolute Gasteiger partial charge is 0.493 e. The normalized spacial score (nSPS) is 17.4. The molecule has 104 valence electrons. The average molecular weight is 268 g/mol. The van der Waals surface area contributed by atoms with E-state index >= 15 is 0 Å². The Morgan fingerprint density at radius 2 is 2.15 bits per heavy atom. The highest BCUT2D eigenvalue weighted by molar-refractivity contribution is 5.57. The van der Waals surface area contributed by atoms with Crippen LogP contribution in [0.25, 0.3) is 0 Å². The zero-order chi connectivity index (χ0) is 13.9. The number of anilines is 1. The summed E-state index contributed by atoms with van der Waals surface area (Å²) in [4.78, 5) is 4.28. The minimum atomic E-state index is 0.357. The van der Waals surface area contributed by atoms with Gasteiger partial charge in [0, 0.05) is 5.69 Å². The molecule has 1 aromatic carbocycles. The lowest BCUT2D eigenvalue weighted by Gasteiger charge is -2.27. The number of hydrogen-bond donors (Lipinski definition) is 1. The van der Waals surface area contributed by atoms with Crippen molar-refractivity contribution in [2.24, 2.45) is 0 Å². The van der Waals surface area contributed by atoms with Crippen molar-refractivity contribution < 1.29 is 4.74 Å². The number of hydrogen-bond acceptors (Lipinski definition) is 3. The SMILES string of the molecule is COc1cnc(C)cc1NC1CCCc2ccccc21. The molecular weight excluding hydrogens is 248 g/mol. The fraction of sp³-hybridized carbons (Fsp3) is 0.353. The smallest absolute Gasteiger partial charge is 0.160 e. The zero-order valence-corrected chi connectivity index (χ0v) is 12.0. The lowest BCUT2D eigenvalue weighted by Crippen LogP contribution is -2.17. The highest BCUT2D eigenvalue weighted by Gasteiger charge is 2.20. The number of aromatic nitrogens is 1. The molecule has 0 bridgehead atoms. The van der Waals surface area contributed by atoms with Crippen molar-refractivity contribution >= 4 is 5.69 Å². The van der Waals surface area contributed by atoms with E-state index in [2.05, 4.69) is 40.6 Å². The van der Waals surface area contributed by atoms with Crippen molar-refractivity contribution in [3.05, 3.63) is 53.3 Å². The Morgan fingerprint density at radius 1 is 1.30 bits per heavy atom. The fourth-order valence-electron chi connectivity index (χ4n) is 2.91. The van der Waals surface area contributed by atoms with E-state index in [0.717, 1.165) is 23.6 Å². The molecule has 1 aliphatic rings. The molecule has 1 heterocycles. The quantitative estimate of drug-likeness (QED) is 0.917. The lowest BCUT2D eigenvalue weighted by molar-refractivity contribution is 0.413. The van der Waals surface area contributed by atoms with Gasteiger partial charge in [0.1, 0.15) is 0 Å². The molecule has 0 spiro atoms. The Bertz CT molecular complexity index is 610. The highest BCUT2D eigenvalue weighted by atomic mass is 16.5. The monoisotopic (exact) mass is 268 g/mol. The van der Waals surface area contributed by atoms with Gasteiger partial charge in [-0.1, -0.05) is 24.3 Å². The summed E-state index contributed by atoms with van der Waals surface area (Å²) in [6.07, 6.45) is 5.34. The first-order chi connectivity index (χ1) is 9.78. The van der Waals surface area contributed by atoms with Crippen LogP contribution < -0.4 is 10.1 Å². The molecule has 0 saturated heterocycles. The van der Waals surface area contributed by atoms with Crippen molar-refractivity contribution in [2.75, 3.05) is 12.4 Å². The third-order valence-corrected chi connectivity index (χ3v) is 3.92. The second kappa shape index (κ2) is 5.53. The first kappa shape index (κ1) is 13.0. The summed E-state index contributed by atoms with van der Waals surface area (Å²) >= 11 is 0. The number of aryl methyl sites for hydroxylation is 2. The number of pyridine rings is 1. The van der Waals surface area contributed by atoms with Crippen LogP contribution in [0.1, 0.15) is 35.7 Å². The third-order valence-electron chi connectivity index (χ3n) is 3.92. The number of rotatable bonds is 3. The highest BCUT2D eigenvalue weighted by Crippen LogP contribution is 2.35. The molecule has 1 N–H and O–H groups in total. The van der Waals surface area contributed by atoms with Crippen LogP contribution in [0.5, 0.6) is 5.75 Å². The Labute approximate surface area is 120 Å². The molecule has 0 radical (unpaired) electrons. The Morgan fingerprint density at radius 3 is 3.00 bits per heavy atom. The minimum Gasteiger partial charge on any atom is -0.493 e. The first-order valence-corrected chi connectivity index (χ1v) is 7.13. The molecule has 3 rings (SSSR count). The Balaban J connectivity index is 1.91. The van der Waals surface area contributed by atoms with E-state index in [0.29, 0.717) is 6.04 Å². The molecule has 1 unspecified atom stereocenters. The van der Waals surface area contributed by atoms with Crippen LogP contribution in [0, 0.1) is 6.92 Å². The van der Waals surface area contributed by atoms with Crippen LogP contribution in [0.4, 0.5) is 5.69 Å². The maximum atomic E-state index is 5.40. The first-order valence-electron chi connectivity index (χ1n) is 7.13. The van der Waals surface area contributed by atoms with Gasteiger partial charge in [0.05, 0.1) is 25.0 Å². The maximum absolute atomic E-state index is 5.40. The van der Waals surface area contributed by atoms with Crippen molar-refractivity contribution in [1.29, 1.82) is 0 Å². The molecule has 3 heteroatoms. The van der Waals surface area contributed by atoms with E-state index in [-0.39, 0.29) is 0 Å². The molecule has 0 amide bonds. The number of methoxy groups -OCH3 is 1. The van der Waals surface area contributed by atoms with Crippen molar-refractivity contribution in [3.8, 4) is 5.75 Å². The topological polar surface area (TPSA) is 34.1 Å². The molecule has 0 saturated carbocycles. The number of nitrogens with one attached hydrogen (secondary N) is 1. The summed E-state index contributed by atoms with van der Waals surface area (Å²) in [5, 5.41) is 3.63. The number of ether oxygens (including phenoxy) is 1. The summed E-state index contributed by atoms with van der Waals surface area (Å²) in [6, 6.07) is 11.1. The van der Waals surface area contributed by atoms with Crippen LogP contribution in [-0.2, 0) is 6.42 Å². The molecule has 0 fully saturated rings. The van der Waals surface area contributed by atoms with Gasteiger partial charge in [-0.2, -0.15) is 0 Å². The van der Waals surface area contributed by atoms with Crippen molar-refractivity contribution in [2.45, 2.75) is 32.2 Å². The summed E-state index contributed by atoms with van der Waals surface area (Å²) in [5.74, 6) is 0.804.